The maximum Gasteiger partial charge on any atom is 0.335 e. The summed E-state index contributed by atoms with van der Waals surface area (Å²) in [6.45, 7) is 4.74. The van der Waals surface area contributed by atoms with Gasteiger partial charge in [0.15, 0.2) is 0 Å². The highest BCUT2D eigenvalue weighted by molar-refractivity contribution is 6.39. The summed E-state index contributed by atoms with van der Waals surface area (Å²) < 4.78 is 2.11. The van der Waals surface area contributed by atoms with Crippen LogP contribution in [0.4, 0.5) is 10.5 Å². The van der Waals surface area contributed by atoms with Gasteiger partial charge >= 0.3 is 6.03 Å². The van der Waals surface area contributed by atoms with Gasteiger partial charge in [0.25, 0.3) is 11.8 Å². The van der Waals surface area contributed by atoms with Crippen LogP contribution >= 0.6 is 0 Å². The maximum absolute atomic E-state index is 13.1. The highest BCUT2D eigenvalue weighted by Crippen LogP contribution is 2.28. The van der Waals surface area contributed by atoms with Crippen LogP contribution in [-0.4, -0.2) is 22.4 Å². The molecule has 4 amide bonds. The number of hydrogen-bond acceptors (Lipinski definition) is 3. The van der Waals surface area contributed by atoms with E-state index in [2.05, 4.69) is 16.8 Å². The second-order valence-electron chi connectivity index (χ2n) is 7.04. The molecular formula is C23H21N3O3. The Balaban J connectivity index is 1.82. The van der Waals surface area contributed by atoms with Gasteiger partial charge in [-0.05, 0) is 37.1 Å². The molecule has 1 aromatic heterocycles. The van der Waals surface area contributed by atoms with Gasteiger partial charge in [-0.25, -0.2) is 9.69 Å². The first kappa shape index (κ1) is 18.7. The molecule has 2 heterocycles. The number of anilines is 1. The Morgan fingerprint density at radius 1 is 1.00 bits per heavy atom. The zero-order valence-corrected chi connectivity index (χ0v) is 16.3. The second kappa shape index (κ2) is 7.39. The van der Waals surface area contributed by atoms with E-state index in [1.54, 1.807) is 18.2 Å². The zero-order valence-electron chi connectivity index (χ0n) is 16.3. The van der Waals surface area contributed by atoms with E-state index < -0.39 is 17.8 Å². The predicted molar refractivity (Wildman–Crippen MR) is 112 cm³/mol. The van der Waals surface area contributed by atoms with Crippen LogP contribution in [0.2, 0.25) is 0 Å². The lowest BCUT2D eigenvalue weighted by atomic mass is 10.1. The number of aryl methyl sites for hydroxylation is 2. The minimum Gasteiger partial charge on any atom is -0.347 e. The summed E-state index contributed by atoms with van der Waals surface area (Å²) in [4.78, 5) is 39.1. The van der Waals surface area contributed by atoms with Crippen LogP contribution in [0.25, 0.3) is 17.0 Å². The lowest BCUT2D eigenvalue weighted by Gasteiger charge is -2.27. The minimum atomic E-state index is -0.736. The summed E-state index contributed by atoms with van der Waals surface area (Å²) in [5, 5.41) is 3.24. The molecule has 29 heavy (non-hydrogen) atoms. The Hall–Kier alpha value is -3.67. The van der Waals surface area contributed by atoms with Crippen molar-refractivity contribution in [1.82, 2.24) is 9.88 Å². The van der Waals surface area contributed by atoms with Crippen molar-refractivity contribution in [3.05, 3.63) is 71.4 Å². The van der Waals surface area contributed by atoms with E-state index in [0.29, 0.717) is 5.69 Å². The maximum atomic E-state index is 13.1. The average molecular weight is 387 g/mol. The van der Waals surface area contributed by atoms with Gasteiger partial charge in [-0.15, -0.1) is 0 Å². The van der Waals surface area contributed by atoms with E-state index in [1.165, 1.54) is 0 Å². The molecule has 2 aromatic carbocycles. The van der Waals surface area contributed by atoms with Gasteiger partial charge in [-0.2, -0.15) is 0 Å². The molecule has 0 saturated carbocycles. The quantitative estimate of drug-likeness (QED) is 0.543. The minimum absolute atomic E-state index is 0.0627. The summed E-state index contributed by atoms with van der Waals surface area (Å²) in [7, 11) is 0. The SMILES string of the molecule is CCCn1cc(C=C2C(=O)NC(=O)N(c3ccccc3C)C2=O)c2ccccc21. The molecule has 1 N–H and O–H groups in total. The topological polar surface area (TPSA) is 71.4 Å². The monoisotopic (exact) mass is 387 g/mol. The number of carbonyl (C=O) groups is 3. The first-order chi connectivity index (χ1) is 14.0. The highest BCUT2D eigenvalue weighted by atomic mass is 16.2. The zero-order chi connectivity index (χ0) is 20.5. The Bertz CT molecular complexity index is 1170. The molecule has 1 aliphatic rings. The molecule has 1 saturated heterocycles. The lowest BCUT2D eigenvalue weighted by molar-refractivity contribution is -0.122. The van der Waals surface area contributed by atoms with Crippen molar-refractivity contribution in [3.8, 4) is 0 Å². The molecule has 6 heteroatoms. The number of nitrogens with zero attached hydrogens (tertiary/aromatic N) is 2. The summed E-state index contributed by atoms with van der Waals surface area (Å²) >= 11 is 0. The number of rotatable bonds is 4. The van der Waals surface area contributed by atoms with E-state index in [4.69, 9.17) is 0 Å². The third-order valence-corrected chi connectivity index (χ3v) is 5.04. The Morgan fingerprint density at radius 2 is 1.72 bits per heavy atom. The molecule has 0 unspecified atom stereocenters. The van der Waals surface area contributed by atoms with E-state index in [9.17, 15) is 14.4 Å². The fourth-order valence-corrected chi connectivity index (χ4v) is 3.66. The van der Waals surface area contributed by atoms with E-state index in [-0.39, 0.29) is 5.57 Å². The van der Waals surface area contributed by atoms with Crippen LogP contribution in [0.15, 0.2) is 60.3 Å². The number of imide groups is 2. The van der Waals surface area contributed by atoms with Gasteiger partial charge in [0.1, 0.15) is 5.57 Å². The Morgan fingerprint density at radius 3 is 2.48 bits per heavy atom. The third-order valence-electron chi connectivity index (χ3n) is 5.04. The number of fused-ring (bicyclic) bond motifs is 1. The Kier molecular flexibility index (Phi) is 4.76. The third kappa shape index (κ3) is 3.23. The fraction of sp³-hybridized carbons (Fsp3) is 0.174. The number of nitrogens with one attached hydrogen (secondary N) is 1. The largest absolute Gasteiger partial charge is 0.347 e. The molecule has 0 aliphatic carbocycles. The number of amides is 4. The number of para-hydroxylation sites is 2. The lowest BCUT2D eigenvalue weighted by Crippen LogP contribution is -2.54. The summed E-state index contributed by atoms with van der Waals surface area (Å²) in [6, 6.07) is 14.2. The first-order valence-corrected chi connectivity index (χ1v) is 9.56. The van der Waals surface area contributed by atoms with E-state index in [0.717, 1.165) is 39.9 Å². The van der Waals surface area contributed by atoms with Crippen LogP contribution in [0, 0.1) is 6.92 Å². The number of benzene rings is 2. The van der Waals surface area contributed by atoms with Crippen molar-refractivity contribution in [2.24, 2.45) is 0 Å². The molecule has 0 bridgehead atoms. The first-order valence-electron chi connectivity index (χ1n) is 9.56. The standard InChI is InChI=1S/C23H21N3O3/c1-3-12-25-14-16(17-9-5-7-11-20(17)25)13-18-21(27)24-23(29)26(22(18)28)19-10-6-4-8-15(19)2/h4-11,13-14H,3,12H2,1-2H3,(H,24,27,29). The fourth-order valence-electron chi connectivity index (χ4n) is 3.66. The van der Waals surface area contributed by atoms with Gasteiger partial charge in [0.2, 0.25) is 0 Å². The number of barbiturate groups is 1. The molecule has 0 spiro atoms. The smallest absolute Gasteiger partial charge is 0.335 e. The number of urea groups is 1. The van der Waals surface area contributed by atoms with Crippen molar-refractivity contribution >= 4 is 40.5 Å². The van der Waals surface area contributed by atoms with Gasteiger partial charge < -0.3 is 4.57 Å². The van der Waals surface area contributed by atoms with Gasteiger partial charge in [-0.1, -0.05) is 43.3 Å². The molecule has 0 atom stereocenters. The van der Waals surface area contributed by atoms with Crippen molar-refractivity contribution in [1.29, 1.82) is 0 Å². The number of carbonyl (C=O) groups excluding carboxylic acids is 3. The number of aromatic nitrogens is 1. The second-order valence-corrected chi connectivity index (χ2v) is 7.04. The molecule has 1 fully saturated rings. The van der Waals surface area contributed by atoms with Crippen molar-refractivity contribution in [2.75, 3.05) is 4.90 Å². The van der Waals surface area contributed by atoms with Crippen LogP contribution < -0.4 is 10.2 Å². The average Bonchev–Trinajstić information content (AvgIpc) is 3.04. The van der Waals surface area contributed by atoms with Crippen LogP contribution in [0.1, 0.15) is 24.5 Å². The normalized spacial score (nSPS) is 16.0. The van der Waals surface area contributed by atoms with Gasteiger partial charge in [0.05, 0.1) is 5.69 Å². The van der Waals surface area contributed by atoms with Crippen LogP contribution in [0.3, 0.4) is 0 Å². The summed E-state index contributed by atoms with van der Waals surface area (Å²) in [5.41, 5.74) is 2.97. The molecule has 4 rings (SSSR count). The van der Waals surface area contributed by atoms with Crippen molar-refractivity contribution in [3.63, 3.8) is 0 Å². The predicted octanol–water partition coefficient (Wildman–Crippen LogP) is 4.03. The summed E-state index contributed by atoms with van der Waals surface area (Å²) in [5.74, 6) is -1.31. The van der Waals surface area contributed by atoms with Crippen LogP contribution in [0.5, 0.6) is 0 Å². The van der Waals surface area contributed by atoms with Gasteiger partial charge in [-0.3, -0.25) is 14.9 Å². The molecule has 0 radical (unpaired) electrons. The van der Waals surface area contributed by atoms with Gasteiger partial charge in [0, 0.05) is 29.2 Å². The molecule has 6 nitrogen and oxygen atoms in total. The van der Waals surface area contributed by atoms with Crippen molar-refractivity contribution in [2.45, 2.75) is 26.8 Å². The molecule has 1 aliphatic heterocycles. The van der Waals surface area contributed by atoms with Crippen LogP contribution in [-0.2, 0) is 16.1 Å². The summed E-state index contributed by atoms with van der Waals surface area (Å²) in [6.07, 6.45) is 4.48. The molecule has 3 aromatic rings. The van der Waals surface area contributed by atoms with E-state index in [1.807, 2.05) is 49.5 Å². The Labute approximate surface area is 168 Å². The van der Waals surface area contributed by atoms with E-state index >= 15 is 0 Å². The van der Waals surface area contributed by atoms with Crippen molar-refractivity contribution < 1.29 is 14.4 Å². The molecule has 146 valence electrons. The number of hydrogen-bond donors (Lipinski definition) is 1. The molecular weight excluding hydrogens is 366 g/mol. The highest BCUT2D eigenvalue weighted by Gasteiger charge is 2.37.